The molecular weight excluding hydrogens is 346 g/mol. The van der Waals surface area contributed by atoms with Crippen molar-refractivity contribution in [1.29, 1.82) is 0 Å². The fourth-order valence-corrected chi connectivity index (χ4v) is 3.40. The van der Waals surface area contributed by atoms with E-state index in [0.29, 0.717) is 17.9 Å². The first-order chi connectivity index (χ1) is 12.8. The van der Waals surface area contributed by atoms with E-state index in [1.807, 2.05) is 72.1 Å². The van der Waals surface area contributed by atoms with Crippen LogP contribution in [0.15, 0.2) is 76.5 Å². The summed E-state index contributed by atoms with van der Waals surface area (Å²) in [5.74, 6) is 0.822. The van der Waals surface area contributed by atoms with Crippen molar-refractivity contribution in [2.75, 3.05) is 0 Å². The fraction of sp³-hybridized carbons (Fsp3) is 0.0952. The van der Waals surface area contributed by atoms with Crippen LogP contribution in [0.1, 0.15) is 21.0 Å². The van der Waals surface area contributed by atoms with Gasteiger partial charge in [0.05, 0.1) is 6.54 Å². The van der Waals surface area contributed by atoms with E-state index in [1.54, 1.807) is 11.3 Å². The Balaban J connectivity index is 1.59. The van der Waals surface area contributed by atoms with E-state index in [0.717, 1.165) is 21.6 Å². The molecule has 0 radical (unpaired) electrons. The maximum Gasteiger partial charge on any atom is 0.287 e. The first-order valence-electron chi connectivity index (χ1n) is 8.30. The number of hydrogen-bond acceptors (Lipinski definition) is 4. The molecule has 2 aromatic heterocycles. The number of benzene rings is 2. The second-order valence-electron chi connectivity index (χ2n) is 5.77. The van der Waals surface area contributed by atoms with Gasteiger partial charge in [0.15, 0.2) is 5.76 Å². The number of para-hydroxylation sites is 2. The lowest BCUT2D eigenvalue weighted by Gasteiger charge is -2.07. The third kappa shape index (κ3) is 3.48. The predicted octanol–water partition coefficient (Wildman–Crippen LogP) is 5.00. The molecule has 0 atom stereocenters. The predicted molar refractivity (Wildman–Crippen MR) is 102 cm³/mol. The zero-order valence-electron chi connectivity index (χ0n) is 14.0. The second kappa shape index (κ2) is 7.45. The van der Waals surface area contributed by atoms with E-state index >= 15 is 0 Å². The van der Waals surface area contributed by atoms with Crippen LogP contribution in [0, 0.1) is 0 Å². The third-order valence-corrected chi connectivity index (χ3v) is 4.91. The van der Waals surface area contributed by atoms with E-state index in [1.165, 1.54) is 0 Å². The largest absolute Gasteiger partial charge is 0.489 e. The molecule has 0 aliphatic rings. The molecule has 0 bridgehead atoms. The fourth-order valence-electron chi connectivity index (χ4n) is 2.76. The molecule has 5 heteroatoms. The van der Waals surface area contributed by atoms with Crippen molar-refractivity contribution >= 4 is 28.2 Å². The van der Waals surface area contributed by atoms with Crippen LogP contribution < -0.4 is 10.1 Å². The van der Waals surface area contributed by atoms with Gasteiger partial charge in [0.2, 0.25) is 0 Å². The topological polar surface area (TPSA) is 51.5 Å². The lowest BCUT2D eigenvalue weighted by atomic mass is 10.1. The molecule has 0 spiro atoms. The molecule has 0 unspecified atom stereocenters. The summed E-state index contributed by atoms with van der Waals surface area (Å²) in [6.07, 6.45) is 0. The average Bonchev–Trinajstić information content (AvgIpc) is 3.33. The molecule has 4 nitrogen and oxygen atoms in total. The van der Waals surface area contributed by atoms with Crippen molar-refractivity contribution in [2.24, 2.45) is 0 Å². The van der Waals surface area contributed by atoms with Gasteiger partial charge in [-0.25, -0.2) is 0 Å². The molecule has 0 saturated carbocycles. The van der Waals surface area contributed by atoms with Crippen molar-refractivity contribution in [3.8, 4) is 5.75 Å². The molecule has 1 amide bonds. The number of ether oxygens (including phenoxy) is 1. The van der Waals surface area contributed by atoms with E-state index < -0.39 is 0 Å². The lowest BCUT2D eigenvalue weighted by Crippen LogP contribution is -2.23. The lowest BCUT2D eigenvalue weighted by molar-refractivity contribution is 0.0922. The summed E-state index contributed by atoms with van der Waals surface area (Å²) in [6, 6.07) is 21.1. The van der Waals surface area contributed by atoms with Crippen LogP contribution in [0.2, 0.25) is 0 Å². The van der Waals surface area contributed by atoms with Crippen molar-refractivity contribution < 1.29 is 13.9 Å². The van der Waals surface area contributed by atoms with Crippen molar-refractivity contribution in [1.82, 2.24) is 5.32 Å². The van der Waals surface area contributed by atoms with Crippen LogP contribution in [-0.2, 0) is 13.2 Å². The molecule has 0 fully saturated rings. The van der Waals surface area contributed by atoms with E-state index in [4.69, 9.17) is 9.15 Å². The molecule has 0 aliphatic carbocycles. The summed E-state index contributed by atoms with van der Waals surface area (Å²) in [5.41, 5.74) is 1.44. The number of hydrogen-bond donors (Lipinski definition) is 1. The third-order valence-electron chi connectivity index (χ3n) is 4.03. The van der Waals surface area contributed by atoms with E-state index in [-0.39, 0.29) is 12.5 Å². The van der Waals surface area contributed by atoms with Gasteiger partial charge in [0.25, 0.3) is 5.91 Å². The minimum Gasteiger partial charge on any atom is -0.489 e. The molecule has 2 aromatic carbocycles. The van der Waals surface area contributed by atoms with Gasteiger partial charge >= 0.3 is 0 Å². The van der Waals surface area contributed by atoms with Crippen molar-refractivity contribution in [3.05, 3.63) is 88.3 Å². The van der Waals surface area contributed by atoms with Crippen LogP contribution in [0.3, 0.4) is 0 Å². The van der Waals surface area contributed by atoms with E-state index in [9.17, 15) is 4.79 Å². The summed E-state index contributed by atoms with van der Waals surface area (Å²) in [4.78, 5) is 13.8. The normalized spacial score (nSPS) is 10.8. The van der Waals surface area contributed by atoms with Crippen LogP contribution in [0.25, 0.3) is 11.0 Å². The summed E-state index contributed by atoms with van der Waals surface area (Å²) >= 11 is 1.61. The van der Waals surface area contributed by atoms with Gasteiger partial charge in [0.1, 0.15) is 17.9 Å². The highest BCUT2D eigenvalue weighted by molar-refractivity contribution is 7.09. The van der Waals surface area contributed by atoms with Crippen LogP contribution in [0.4, 0.5) is 0 Å². The molecule has 26 heavy (non-hydrogen) atoms. The Hall–Kier alpha value is -3.05. The van der Waals surface area contributed by atoms with Crippen molar-refractivity contribution in [2.45, 2.75) is 13.2 Å². The Morgan fingerprint density at radius 2 is 1.81 bits per heavy atom. The Bertz CT molecular complexity index is 1010. The van der Waals surface area contributed by atoms with Gasteiger partial charge < -0.3 is 14.5 Å². The molecule has 4 rings (SSSR count). The Kier molecular flexibility index (Phi) is 4.71. The Morgan fingerprint density at radius 1 is 1.00 bits per heavy atom. The molecular formula is C21H17NO3S. The number of fused-ring (bicyclic) bond motifs is 1. The monoisotopic (exact) mass is 363 g/mol. The van der Waals surface area contributed by atoms with E-state index in [2.05, 4.69) is 5.32 Å². The second-order valence-corrected chi connectivity index (χ2v) is 6.80. The van der Waals surface area contributed by atoms with Crippen LogP contribution >= 0.6 is 11.3 Å². The highest BCUT2D eigenvalue weighted by Crippen LogP contribution is 2.27. The number of nitrogens with one attached hydrogen (secondary N) is 1. The van der Waals surface area contributed by atoms with Gasteiger partial charge in [-0.3, -0.25) is 4.79 Å². The molecule has 4 aromatic rings. The number of furan rings is 1. The zero-order valence-corrected chi connectivity index (χ0v) is 14.8. The summed E-state index contributed by atoms with van der Waals surface area (Å²) in [6.45, 7) is 0.745. The average molecular weight is 363 g/mol. The van der Waals surface area contributed by atoms with Gasteiger partial charge in [-0.2, -0.15) is 0 Å². The number of thiophene rings is 1. The molecule has 0 saturated heterocycles. The SMILES string of the molecule is O=C(NCc1cccs1)c1oc2ccccc2c1COc1ccccc1. The summed E-state index contributed by atoms with van der Waals surface area (Å²) in [7, 11) is 0. The number of carbonyl (C=O) groups excluding carboxylic acids is 1. The molecule has 130 valence electrons. The quantitative estimate of drug-likeness (QED) is 0.524. The smallest absolute Gasteiger partial charge is 0.287 e. The first kappa shape index (κ1) is 16.4. The number of amides is 1. The highest BCUT2D eigenvalue weighted by Gasteiger charge is 2.21. The van der Waals surface area contributed by atoms with Gasteiger partial charge in [-0.15, -0.1) is 11.3 Å². The van der Waals surface area contributed by atoms with Gasteiger partial charge in [0, 0.05) is 15.8 Å². The molecule has 2 heterocycles. The molecule has 1 N–H and O–H groups in total. The first-order valence-corrected chi connectivity index (χ1v) is 9.18. The summed E-state index contributed by atoms with van der Waals surface area (Å²) < 4.78 is 11.7. The van der Waals surface area contributed by atoms with Gasteiger partial charge in [-0.05, 0) is 29.6 Å². The highest BCUT2D eigenvalue weighted by atomic mass is 32.1. The van der Waals surface area contributed by atoms with Crippen LogP contribution in [0.5, 0.6) is 5.75 Å². The Labute approximate surface area is 155 Å². The zero-order chi connectivity index (χ0) is 17.8. The standard InChI is InChI=1S/C21H17NO3S/c23-21(22-13-16-9-6-12-26-16)20-18(14-24-15-7-2-1-3-8-15)17-10-4-5-11-19(17)25-20/h1-12H,13-14H2,(H,22,23). The number of carbonyl (C=O) groups is 1. The maximum atomic E-state index is 12.7. The van der Waals surface area contributed by atoms with Crippen molar-refractivity contribution in [3.63, 3.8) is 0 Å². The van der Waals surface area contributed by atoms with Gasteiger partial charge in [-0.1, -0.05) is 42.5 Å². The number of rotatable bonds is 6. The minimum absolute atomic E-state index is 0.235. The van der Waals surface area contributed by atoms with Crippen LogP contribution in [-0.4, -0.2) is 5.91 Å². The molecule has 0 aliphatic heterocycles. The maximum absolute atomic E-state index is 12.7. The Morgan fingerprint density at radius 3 is 2.62 bits per heavy atom. The summed E-state index contributed by atoms with van der Waals surface area (Å²) in [5, 5.41) is 5.80. The minimum atomic E-state index is -0.235.